The average Bonchev–Trinajstić information content (AvgIpc) is 3.20. The molecule has 0 aliphatic rings. The lowest BCUT2D eigenvalue weighted by Crippen LogP contribution is -2.29. The number of nitrogens with zero attached hydrogens (tertiary/aromatic N) is 2. The molecule has 3 rings (SSSR count). The van der Waals surface area contributed by atoms with Gasteiger partial charge in [-0.05, 0) is 12.1 Å². The number of methoxy groups -OCH3 is 1. The summed E-state index contributed by atoms with van der Waals surface area (Å²) in [6.07, 6.45) is 0. The van der Waals surface area contributed by atoms with E-state index in [4.69, 9.17) is 9.47 Å². The number of rotatable bonds is 9. The second kappa shape index (κ2) is 9.63. The fourth-order valence-electron chi connectivity index (χ4n) is 2.31. The van der Waals surface area contributed by atoms with E-state index in [9.17, 15) is 4.79 Å². The van der Waals surface area contributed by atoms with Gasteiger partial charge in [0.25, 0.3) is 0 Å². The quantitative estimate of drug-likeness (QED) is 0.436. The summed E-state index contributed by atoms with van der Waals surface area (Å²) >= 11 is 1.28. The van der Waals surface area contributed by atoms with Gasteiger partial charge in [-0.1, -0.05) is 54.2 Å². The Morgan fingerprint density at radius 2 is 1.85 bits per heavy atom. The summed E-state index contributed by atoms with van der Waals surface area (Å²) in [6, 6.07) is 17.1. The summed E-state index contributed by atoms with van der Waals surface area (Å²) in [4.78, 5) is 16.3. The number of carbonyl (C=O) groups is 1. The Bertz CT molecular complexity index is 870. The Labute approximate surface area is 161 Å². The lowest BCUT2D eigenvalue weighted by atomic mass is 10.2. The number of hydrogen-bond acceptors (Lipinski definition) is 6. The molecule has 7 nitrogen and oxygen atoms in total. The number of carbonyl (C=O) groups excluding carboxylic acids is 1. The van der Waals surface area contributed by atoms with Crippen molar-refractivity contribution in [3.63, 3.8) is 0 Å². The molecule has 0 atom stereocenters. The first-order valence-electron chi connectivity index (χ1n) is 8.39. The standard InChI is InChI=1S/C19H20N4O3S/c1-25-15-9-5-6-10-16(15)26-12-11-20-17(24)13-27-19-21-18(22-23-19)14-7-3-2-4-8-14/h2-10H,11-13H2,1H3,(H,20,24)(H,21,22,23). The molecule has 27 heavy (non-hydrogen) atoms. The molecule has 0 saturated heterocycles. The zero-order valence-electron chi connectivity index (χ0n) is 14.8. The van der Waals surface area contributed by atoms with E-state index in [1.54, 1.807) is 7.11 Å². The number of benzene rings is 2. The number of aromatic amines is 1. The van der Waals surface area contributed by atoms with Crippen LogP contribution in [0.2, 0.25) is 0 Å². The topological polar surface area (TPSA) is 89.1 Å². The van der Waals surface area contributed by atoms with Gasteiger partial charge in [-0.25, -0.2) is 4.98 Å². The van der Waals surface area contributed by atoms with E-state index in [2.05, 4.69) is 20.5 Å². The first kappa shape index (κ1) is 18.8. The Morgan fingerprint density at radius 1 is 1.11 bits per heavy atom. The highest BCUT2D eigenvalue weighted by atomic mass is 32.2. The van der Waals surface area contributed by atoms with Crippen LogP contribution in [0.25, 0.3) is 11.4 Å². The van der Waals surface area contributed by atoms with Crippen LogP contribution in [0, 0.1) is 0 Å². The molecule has 1 aromatic heterocycles. The van der Waals surface area contributed by atoms with Gasteiger partial charge in [0.15, 0.2) is 17.3 Å². The first-order valence-corrected chi connectivity index (χ1v) is 9.38. The Balaban J connectivity index is 1.38. The fraction of sp³-hybridized carbons (Fsp3) is 0.211. The second-order valence-corrected chi connectivity index (χ2v) is 6.41. The average molecular weight is 384 g/mol. The predicted octanol–water partition coefficient (Wildman–Crippen LogP) is 2.77. The number of para-hydroxylation sites is 2. The van der Waals surface area contributed by atoms with E-state index in [0.29, 0.717) is 35.6 Å². The molecule has 2 aromatic carbocycles. The minimum Gasteiger partial charge on any atom is -0.493 e. The van der Waals surface area contributed by atoms with E-state index in [-0.39, 0.29) is 11.7 Å². The summed E-state index contributed by atoms with van der Waals surface area (Å²) in [6.45, 7) is 0.760. The van der Waals surface area contributed by atoms with Crippen molar-refractivity contribution >= 4 is 17.7 Å². The van der Waals surface area contributed by atoms with Crippen LogP contribution >= 0.6 is 11.8 Å². The molecule has 0 bridgehead atoms. The maximum atomic E-state index is 11.9. The maximum Gasteiger partial charge on any atom is 0.230 e. The van der Waals surface area contributed by atoms with Gasteiger partial charge in [0.2, 0.25) is 11.1 Å². The Kier molecular flexibility index (Phi) is 6.70. The van der Waals surface area contributed by atoms with Gasteiger partial charge in [-0.15, -0.1) is 5.10 Å². The summed E-state index contributed by atoms with van der Waals surface area (Å²) in [5.41, 5.74) is 0.954. The van der Waals surface area contributed by atoms with Crippen LogP contribution in [0.1, 0.15) is 0 Å². The number of H-pyrrole nitrogens is 1. The van der Waals surface area contributed by atoms with Crippen molar-refractivity contribution in [2.24, 2.45) is 0 Å². The molecule has 0 saturated carbocycles. The summed E-state index contributed by atoms with van der Waals surface area (Å²) in [5, 5.41) is 10.4. The lowest BCUT2D eigenvalue weighted by molar-refractivity contribution is -0.118. The lowest BCUT2D eigenvalue weighted by Gasteiger charge is -2.10. The highest BCUT2D eigenvalue weighted by Gasteiger charge is 2.09. The van der Waals surface area contributed by atoms with Crippen molar-refractivity contribution in [3.05, 3.63) is 54.6 Å². The third-order valence-electron chi connectivity index (χ3n) is 3.60. The summed E-state index contributed by atoms with van der Waals surface area (Å²) < 4.78 is 10.8. The molecule has 140 valence electrons. The van der Waals surface area contributed by atoms with Crippen molar-refractivity contribution in [2.75, 3.05) is 26.0 Å². The number of ether oxygens (including phenoxy) is 2. The normalized spacial score (nSPS) is 10.4. The Morgan fingerprint density at radius 3 is 2.63 bits per heavy atom. The number of thioether (sulfide) groups is 1. The van der Waals surface area contributed by atoms with Crippen molar-refractivity contribution < 1.29 is 14.3 Å². The minimum absolute atomic E-state index is 0.102. The van der Waals surface area contributed by atoms with E-state index in [0.717, 1.165) is 5.56 Å². The molecule has 1 amide bonds. The van der Waals surface area contributed by atoms with Crippen LogP contribution in [-0.4, -0.2) is 47.1 Å². The number of hydrogen-bond donors (Lipinski definition) is 2. The van der Waals surface area contributed by atoms with Gasteiger partial charge in [-0.2, -0.15) is 0 Å². The molecular formula is C19H20N4O3S. The predicted molar refractivity (Wildman–Crippen MR) is 104 cm³/mol. The van der Waals surface area contributed by atoms with Gasteiger partial charge in [0.1, 0.15) is 6.61 Å². The molecule has 0 radical (unpaired) electrons. The first-order chi connectivity index (χ1) is 13.3. The van der Waals surface area contributed by atoms with Gasteiger partial charge in [0, 0.05) is 5.56 Å². The maximum absolute atomic E-state index is 11.9. The molecule has 0 spiro atoms. The number of amides is 1. The molecule has 3 aromatic rings. The van der Waals surface area contributed by atoms with Gasteiger partial charge in [-0.3, -0.25) is 9.89 Å². The van der Waals surface area contributed by atoms with Crippen molar-refractivity contribution in [3.8, 4) is 22.9 Å². The minimum atomic E-state index is -0.102. The zero-order chi connectivity index (χ0) is 18.9. The van der Waals surface area contributed by atoms with Gasteiger partial charge in [0.05, 0.1) is 19.4 Å². The monoisotopic (exact) mass is 384 g/mol. The Hall–Kier alpha value is -3.00. The summed E-state index contributed by atoms with van der Waals surface area (Å²) in [5.74, 6) is 2.13. The largest absolute Gasteiger partial charge is 0.493 e. The molecule has 1 heterocycles. The third kappa shape index (κ3) is 5.49. The van der Waals surface area contributed by atoms with E-state index in [1.807, 2.05) is 54.6 Å². The second-order valence-electron chi connectivity index (χ2n) is 5.47. The molecule has 8 heteroatoms. The van der Waals surface area contributed by atoms with Crippen LogP contribution in [0.15, 0.2) is 59.8 Å². The molecule has 0 fully saturated rings. The van der Waals surface area contributed by atoms with Crippen molar-refractivity contribution in [2.45, 2.75) is 5.16 Å². The highest BCUT2D eigenvalue weighted by molar-refractivity contribution is 7.99. The van der Waals surface area contributed by atoms with E-state index in [1.165, 1.54) is 11.8 Å². The van der Waals surface area contributed by atoms with E-state index < -0.39 is 0 Å². The summed E-state index contributed by atoms with van der Waals surface area (Å²) in [7, 11) is 1.59. The van der Waals surface area contributed by atoms with Crippen LogP contribution in [0.5, 0.6) is 11.5 Å². The van der Waals surface area contributed by atoms with Crippen molar-refractivity contribution in [1.29, 1.82) is 0 Å². The van der Waals surface area contributed by atoms with Gasteiger partial charge >= 0.3 is 0 Å². The smallest absolute Gasteiger partial charge is 0.230 e. The van der Waals surface area contributed by atoms with Crippen LogP contribution in [0.4, 0.5) is 0 Å². The van der Waals surface area contributed by atoms with Crippen molar-refractivity contribution in [1.82, 2.24) is 20.5 Å². The highest BCUT2D eigenvalue weighted by Crippen LogP contribution is 2.25. The van der Waals surface area contributed by atoms with Crippen LogP contribution in [-0.2, 0) is 4.79 Å². The van der Waals surface area contributed by atoms with E-state index >= 15 is 0 Å². The molecule has 2 N–H and O–H groups in total. The third-order valence-corrected chi connectivity index (χ3v) is 4.44. The molecule has 0 unspecified atom stereocenters. The number of nitrogens with one attached hydrogen (secondary N) is 2. The van der Waals surface area contributed by atoms with Gasteiger partial charge < -0.3 is 14.8 Å². The SMILES string of the molecule is COc1ccccc1OCCNC(=O)CSc1n[nH]c(-c2ccccc2)n1. The van der Waals surface area contributed by atoms with Crippen LogP contribution in [0.3, 0.4) is 0 Å². The molecule has 0 aliphatic carbocycles. The molecule has 0 aliphatic heterocycles. The number of aromatic nitrogens is 3. The van der Waals surface area contributed by atoms with Crippen LogP contribution < -0.4 is 14.8 Å². The molecular weight excluding hydrogens is 364 g/mol. The fourth-order valence-corrected chi connectivity index (χ4v) is 2.93. The zero-order valence-corrected chi connectivity index (χ0v) is 15.7.